The molecule has 1 aliphatic rings. The van der Waals surface area contributed by atoms with Gasteiger partial charge in [0.2, 0.25) is 5.91 Å². The molecular weight excluding hydrogens is 466 g/mol. The number of aromatic hydroxyl groups is 1. The van der Waals surface area contributed by atoms with E-state index in [1.54, 1.807) is 31.3 Å². The Labute approximate surface area is 198 Å². The number of carbonyl (C=O) groups is 2. The van der Waals surface area contributed by atoms with Gasteiger partial charge in [0.1, 0.15) is 17.2 Å². The number of benzene rings is 1. The van der Waals surface area contributed by atoms with E-state index in [1.165, 1.54) is 15.8 Å². The van der Waals surface area contributed by atoms with E-state index in [1.807, 2.05) is 6.92 Å². The molecule has 0 spiro atoms. The monoisotopic (exact) mass is 490 g/mol. The highest BCUT2D eigenvalue weighted by Gasteiger charge is 2.35. The zero-order chi connectivity index (χ0) is 24.5. The molecule has 1 aromatic carbocycles. The van der Waals surface area contributed by atoms with Gasteiger partial charge >= 0.3 is 0 Å². The van der Waals surface area contributed by atoms with Crippen LogP contribution in [-0.4, -0.2) is 55.6 Å². The summed E-state index contributed by atoms with van der Waals surface area (Å²) in [7, 11) is 0. The Kier molecular flexibility index (Phi) is 6.51. The fourth-order valence-corrected chi connectivity index (χ4v) is 4.31. The van der Waals surface area contributed by atoms with Gasteiger partial charge in [-0.15, -0.1) is 0 Å². The van der Waals surface area contributed by atoms with Crippen molar-refractivity contribution < 1.29 is 23.5 Å². The molecule has 3 N–H and O–H groups in total. The fourth-order valence-electron chi connectivity index (χ4n) is 3.59. The highest BCUT2D eigenvalue weighted by atomic mass is 32.1. The minimum absolute atomic E-state index is 0.0316. The molecule has 180 valence electrons. The van der Waals surface area contributed by atoms with Gasteiger partial charge < -0.3 is 20.6 Å². The molecule has 9 nitrogen and oxygen atoms in total. The van der Waals surface area contributed by atoms with Crippen LogP contribution >= 0.6 is 11.3 Å². The highest BCUT2D eigenvalue weighted by Crippen LogP contribution is 2.30. The number of anilines is 3. The number of halogens is 2. The van der Waals surface area contributed by atoms with Crippen molar-refractivity contribution >= 4 is 39.8 Å². The van der Waals surface area contributed by atoms with Crippen LogP contribution in [0.5, 0.6) is 5.75 Å². The van der Waals surface area contributed by atoms with Gasteiger partial charge in [-0.3, -0.25) is 14.3 Å². The van der Waals surface area contributed by atoms with Crippen LogP contribution in [0, 0.1) is 13.8 Å². The number of hydrogen-bond acceptors (Lipinski definition) is 7. The first kappa shape index (κ1) is 23.6. The molecule has 0 unspecified atom stereocenters. The first-order valence-corrected chi connectivity index (χ1v) is 11.5. The molecule has 0 radical (unpaired) electrons. The van der Waals surface area contributed by atoms with E-state index in [4.69, 9.17) is 0 Å². The summed E-state index contributed by atoms with van der Waals surface area (Å²) in [4.78, 5) is 31.0. The lowest BCUT2D eigenvalue weighted by Crippen LogP contribution is -2.44. The molecule has 0 saturated carbocycles. The van der Waals surface area contributed by atoms with Gasteiger partial charge in [-0.25, -0.2) is 13.8 Å². The number of carbonyl (C=O) groups excluding carboxylic acids is 2. The van der Waals surface area contributed by atoms with Crippen molar-refractivity contribution in [3.05, 3.63) is 46.6 Å². The number of nitrogens with one attached hydrogen (secondary N) is 2. The van der Waals surface area contributed by atoms with Gasteiger partial charge in [-0.1, -0.05) is 17.4 Å². The molecular formula is C22H24F2N6O3S. The average Bonchev–Trinajstić information content (AvgIpc) is 3.43. The topological polar surface area (TPSA) is 112 Å². The standard InChI is InChI=1S/C22H24F2N6O3S/c1-13-3-4-15(31)14(2)19(13)27-20(33)16-11-25-21(34-16)26-17-5-8-30(28-17)12-18(32)29-9-6-22(23,24)7-10-29/h3-5,8,11,31H,6-7,9-10,12H2,1-2H3,(H,27,33)(H,25,26,28). The summed E-state index contributed by atoms with van der Waals surface area (Å²) < 4.78 is 28.0. The Morgan fingerprint density at radius 1 is 1.21 bits per heavy atom. The number of phenols is 1. The summed E-state index contributed by atoms with van der Waals surface area (Å²) in [5, 5.41) is 20.4. The molecule has 3 heterocycles. The van der Waals surface area contributed by atoms with Crippen LogP contribution in [0.25, 0.3) is 0 Å². The summed E-state index contributed by atoms with van der Waals surface area (Å²) >= 11 is 1.12. The molecule has 1 aliphatic heterocycles. The molecule has 0 atom stereocenters. The largest absolute Gasteiger partial charge is 0.508 e. The molecule has 0 bridgehead atoms. The minimum atomic E-state index is -2.70. The van der Waals surface area contributed by atoms with E-state index in [0.29, 0.717) is 27.1 Å². The van der Waals surface area contributed by atoms with E-state index >= 15 is 0 Å². The van der Waals surface area contributed by atoms with Crippen LogP contribution < -0.4 is 10.6 Å². The van der Waals surface area contributed by atoms with Crippen LogP contribution in [0.4, 0.5) is 25.4 Å². The number of likely N-dealkylation sites (tertiary alicyclic amines) is 1. The first-order chi connectivity index (χ1) is 16.1. The summed E-state index contributed by atoms with van der Waals surface area (Å²) in [6.07, 6.45) is 2.39. The summed E-state index contributed by atoms with van der Waals surface area (Å²) in [6.45, 7) is 3.57. The Hall–Kier alpha value is -3.54. The first-order valence-electron chi connectivity index (χ1n) is 10.6. The number of rotatable bonds is 6. The van der Waals surface area contributed by atoms with Crippen molar-refractivity contribution in [3.63, 3.8) is 0 Å². The number of piperidine rings is 1. The third kappa shape index (κ3) is 5.33. The number of aryl methyl sites for hydroxylation is 1. The molecule has 1 fully saturated rings. The molecule has 1 saturated heterocycles. The van der Waals surface area contributed by atoms with Crippen molar-refractivity contribution in [1.82, 2.24) is 19.7 Å². The van der Waals surface area contributed by atoms with E-state index < -0.39 is 5.92 Å². The third-order valence-electron chi connectivity index (χ3n) is 5.63. The normalized spacial score (nSPS) is 15.2. The number of aromatic nitrogens is 3. The number of hydrogen-bond donors (Lipinski definition) is 3. The van der Waals surface area contributed by atoms with Crippen molar-refractivity contribution in [2.45, 2.75) is 39.2 Å². The molecule has 3 aromatic rings. The number of thiazole rings is 1. The second kappa shape index (κ2) is 9.37. The zero-order valence-corrected chi connectivity index (χ0v) is 19.5. The summed E-state index contributed by atoms with van der Waals surface area (Å²) in [6, 6.07) is 4.95. The number of phenolic OH excluding ortho intramolecular Hbond substituents is 1. The predicted octanol–water partition coefficient (Wildman–Crippen LogP) is 3.92. The van der Waals surface area contributed by atoms with Gasteiger partial charge in [-0.2, -0.15) is 5.10 Å². The smallest absolute Gasteiger partial charge is 0.267 e. The van der Waals surface area contributed by atoms with Crippen LogP contribution in [0.1, 0.15) is 33.6 Å². The fraction of sp³-hybridized carbons (Fsp3) is 0.364. The Morgan fingerprint density at radius 3 is 2.68 bits per heavy atom. The van der Waals surface area contributed by atoms with Crippen LogP contribution in [0.2, 0.25) is 0 Å². The van der Waals surface area contributed by atoms with Crippen molar-refractivity contribution in [2.75, 3.05) is 23.7 Å². The van der Waals surface area contributed by atoms with E-state index in [2.05, 4.69) is 20.7 Å². The highest BCUT2D eigenvalue weighted by molar-refractivity contribution is 7.17. The second-order valence-corrected chi connectivity index (χ2v) is 9.18. The molecule has 12 heteroatoms. The number of amides is 2. The average molecular weight is 491 g/mol. The number of nitrogens with zero attached hydrogens (tertiary/aromatic N) is 4. The second-order valence-electron chi connectivity index (χ2n) is 8.15. The minimum Gasteiger partial charge on any atom is -0.508 e. The lowest BCUT2D eigenvalue weighted by molar-refractivity contribution is -0.138. The van der Waals surface area contributed by atoms with Crippen molar-refractivity contribution in [3.8, 4) is 5.75 Å². The molecule has 4 rings (SSSR count). The van der Waals surface area contributed by atoms with Gasteiger partial charge in [0.05, 0.1) is 11.9 Å². The predicted molar refractivity (Wildman–Crippen MR) is 124 cm³/mol. The lowest BCUT2D eigenvalue weighted by Gasteiger charge is -2.31. The van der Waals surface area contributed by atoms with Crippen LogP contribution in [0.15, 0.2) is 30.6 Å². The third-order valence-corrected chi connectivity index (χ3v) is 6.54. The van der Waals surface area contributed by atoms with Gasteiger partial charge in [0.15, 0.2) is 10.9 Å². The maximum atomic E-state index is 13.3. The Bertz CT molecular complexity index is 1220. The molecule has 2 amide bonds. The summed E-state index contributed by atoms with van der Waals surface area (Å²) in [5.41, 5.74) is 1.95. The van der Waals surface area contributed by atoms with Gasteiger partial charge in [0.25, 0.3) is 11.8 Å². The maximum absolute atomic E-state index is 13.3. The molecule has 0 aliphatic carbocycles. The van der Waals surface area contributed by atoms with E-state index in [0.717, 1.165) is 16.9 Å². The quantitative estimate of drug-likeness (QED) is 0.483. The number of alkyl halides is 2. The Morgan fingerprint density at radius 2 is 1.94 bits per heavy atom. The van der Waals surface area contributed by atoms with Gasteiger partial charge in [-0.05, 0) is 25.5 Å². The van der Waals surface area contributed by atoms with E-state index in [-0.39, 0.29) is 50.0 Å². The molecule has 34 heavy (non-hydrogen) atoms. The van der Waals surface area contributed by atoms with Crippen molar-refractivity contribution in [2.24, 2.45) is 0 Å². The lowest BCUT2D eigenvalue weighted by atomic mass is 10.1. The van der Waals surface area contributed by atoms with E-state index in [9.17, 15) is 23.5 Å². The SMILES string of the molecule is Cc1ccc(O)c(C)c1NC(=O)c1cnc(Nc2ccn(CC(=O)N3CCC(F)(F)CC3)n2)s1. The maximum Gasteiger partial charge on any atom is 0.267 e. The summed E-state index contributed by atoms with van der Waals surface area (Å²) in [5.74, 6) is -2.80. The Balaban J connectivity index is 1.35. The van der Waals surface area contributed by atoms with Crippen LogP contribution in [0.3, 0.4) is 0 Å². The van der Waals surface area contributed by atoms with Crippen LogP contribution in [-0.2, 0) is 11.3 Å². The zero-order valence-electron chi connectivity index (χ0n) is 18.6. The van der Waals surface area contributed by atoms with Crippen molar-refractivity contribution in [1.29, 1.82) is 0 Å². The molecule has 2 aromatic heterocycles. The van der Waals surface area contributed by atoms with Gasteiger partial charge in [0, 0.05) is 43.8 Å².